The molecule has 2 aromatic rings. The van der Waals surface area contributed by atoms with Crippen molar-refractivity contribution < 1.29 is 76.9 Å². The summed E-state index contributed by atoms with van der Waals surface area (Å²) in [6.45, 7) is 16.6. The molecule has 1 saturated heterocycles. The molecule has 0 saturated carbocycles. The van der Waals surface area contributed by atoms with Crippen molar-refractivity contribution in [3.05, 3.63) is 77.9 Å². The van der Waals surface area contributed by atoms with Crippen LogP contribution in [-0.4, -0.2) is 198 Å². The van der Waals surface area contributed by atoms with Crippen molar-refractivity contribution in [1.82, 2.24) is 46.2 Å². The van der Waals surface area contributed by atoms with Gasteiger partial charge >= 0.3 is 18.1 Å². The van der Waals surface area contributed by atoms with Crippen LogP contribution in [0.15, 0.2) is 66.7 Å². The van der Waals surface area contributed by atoms with Crippen molar-refractivity contribution >= 4 is 76.9 Å². The highest BCUT2D eigenvalue weighted by Gasteiger charge is 2.44. The molecule has 0 bridgehead atoms. The van der Waals surface area contributed by atoms with E-state index in [0.29, 0.717) is 56.3 Å². The van der Waals surface area contributed by atoms with Crippen LogP contribution in [0.1, 0.15) is 138 Å². The maximum atomic E-state index is 14.8. The first kappa shape index (κ1) is 79.0. The SMILES string of the molecule is CCC(C)C(C(CC(=O)N1CCCC1C(OC)C(C)C(=O)NC(Cc1ccccc1)C(=O)O)OC)N(C)C(=O)[C@@H](NC(=O)C(C(C)C)N(C)C(=O)OCc1ccc(NC(=O)C(CCCNC(N)=O)NC(=O)C(NC(=O)CCCCCN2C(=O)C=CC2=O)C(C)C)cc1)C(C)C. The zero-order valence-corrected chi connectivity index (χ0v) is 57.5. The Morgan fingerprint density at radius 2 is 1.33 bits per heavy atom. The molecule has 0 radical (unpaired) electrons. The van der Waals surface area contributed by atoms with E-state index in [0.717, 1.165) is 15.4 Å². The van der Waals surface area contributed by atoms with Crippen LogP contribution in [0.25, 0.3) is 0 Å². The summed E-state index contributed by atoms with van der Waals surface area (Å²) in [5.41, 5.74) is 6.83. The van der Waals surface area contributed by atoms with Crippen LogP contribution in [0.2, 0.25) is 0 Å². The summed E-state index contributed by atoms with van der Waals surface area (Å²) in [7, 11) is 5.96. The number of likely N-dealkylation sites (N-methyl/N-ethyl adjacent to an activating group) is 2. The van der Waals surface area contributed by atoms with E-state index in [2.05, 4.69) is 31.9 Å². The maximum absolute atomic E-state index is 14.8. The molecule has 9 N–H and O–H groups in total. The highest BCUT2D eigenvalue weighted by molar-refractivity contribution is 6.12. The number of methoxy groups -OCH3 is 2. The van der Waals surface area contributed by atoms with E-state index in [4.69, 9.17) is 19.9 Å². The summed E-state index contributed by atoms with van der Waals surface area (Å²) in [5, 5.41) is 26.4. The van der Waals surface area contributed by atoms with Crippen LogP contribution >= 0.6 is 0 Å². The van der Waals surface area contributed by atoms with Crippen molar-refractivity contribution in [1.29, 1.82) is 0 Å². The number of primary amides is 1. The number of aliphatic carboxylic acids is 1. The summed E-state index contributed by atoms with van der Waals surface area (Å²) >= 11 is 0. The lowest BCUT2D eigenvalue weighted by atomic mass is 9.89. The molecule has 526 valence electrons. The number of hydrogen-bond acceptors (Lipinski definition) is 15. The predicted molar refractivity (Wildman–Crippen MR) is 354 cm³/mol. The molecule has 1 fully saturated rings. The van der Waals surface area contributed by atoms with Crippen LogP contribution in [0.5, 0.6) is 0 Å². The second kappa shape index (κ2) is 38.8. The van der Waals surface area contributed by atoms with Crippen molar-refractivity contribution in [3.8, 4) is 0 Å². The van der Waals surface area contributed by atoms with E-state index in [1.807, 2.05) is 19.9 Å². The smallest absolute Gasteiger partial charge is 0.410 e. The van der Waals surface area contributed by atoms with Crippen LogP contribution in [0.3, 0.4) is 0 Å². The third kappa shape index (κ3) is 23.8. The average molecular weight is 1330 g/mol. The van der Waals surface area contributed by atoms with Gasteiger partial charge in [0.2, 0.25) is 41.4 Å². The maximum Gasteiger partial charge on any atom is 0.410 e. The van der Waals surface area contributed by atoms with Crippen molar-refractivity contribution in [3.63, 3.8) is 0 Å². The topological polar surface area (TPSA) is 364 Å². The molecule has 11 atom stereocenters. The third-order valence-corrected chi connectivity index (χ3v) is 17.6. The minimum atomic E-state index is -1.19. The molecule has 2 aromatic carbocycles. The highest BCUT2D eigenvalue weighted by atomic mass is 16.6. The fourth-order valence-corrected chi connectivity index (χ4v) is 12.0. The number of unbranched alkanes of at least 4 members (excludes halogenated alkanes) is 2. The number of urea groups is 1. The number of nitrogens with two attached hydrogens (primary N) is 1. The van der Waals surface area contributed by atoms with E-state index in [1.165, 1.54) is 38.3 Å². The van der Waals surface area contributed by atoms with E-state index in [1.54, 1.807) is 109 Å². The van der Waals surface area contributed by atoms with Gasteiger partial charge in [0.05, 0.1) is 36.6 Å². The third-order valence-electron chi connectivity index (χ3n) is 17.6. The summed E-state index contributed by atoms with van der Waals surface area (Å²) in [5.74, 6) is -7.74. The minimum absolute atomic E-state index is 0.0752. The number of imide groups is 1. The first-order chi connectivity index (χ1) is 44.9. The van der Waals surface area contributed by atoms with Gasteiger partial charge in [-0.3, -0.25) is 53.0 Å². The largest absolute Gasteiger partial charge is 0.480 e. The van der Waals surface area contributed by atoms with Crippen LogP contribution < -0.4 is 37.6 Å². The Morgan fingerprint density at radius 3 is 1.89 bits per heavy atom. The van der Waals surface area contributed by atoms with Crippen LogP contribution in [-0.2, 0) is 75.2 Å². The Kier molecular flexibility index (Phi) is 32.2. The second-order valence-corrected chi connectivity index (χ2v) is 25.7. The van der Waals surface area contributed by atoms with Gasteiger partial charge < -0.3 is 66.8 Å². The number of likely N-dealkylation sites (tertiary alicyclic amines) is 1. The Balaban J connectivity index is 1.38. The standard InChI is InChI=1S/C68H103N11O16/c1-14-43(8)59(51(93-12)38-55(83)78-36-22-26-50(78)60(94-13)44(9)61(84)73-49(66(89)90)37-45-23-17-15-18-24-45)76(10)65(88)57(41(4)5)75-64(87)58(42(6)7)77(11)68(92)95-39-46-28-30-47(31-29-46)71-62(85)48(25-21-34-70-67(69)91)72-63(86)56(40(2)3)74-52(80)27-19-16-20-35-79-53(81)32-33-54(79)82/h15,17-18,23-24,28-33,40-44,48-51,56-60H,14,16,19-22,25-27,34-39H2,1-13H3,(H,71,85)(H,72,86)(H,73,84)(H,74,80)(H,75,87)(H,89,90)(H3,69,70,91)/t43?,44?,48?,49?,50?,51?,56?,57-,58?,59?,60?/m0/s1. The van der Waals surface area contributed by atoms with Crippen molar-refractivity contribution in [2.45, 2.75) is 194 Å². The van der Waals surface area contributed by atoms with E-state index >= 15 is 0 Å². The second-order valence-electron chi connectivity index (χ2n) is 25.7. The lowest BCUT2D eigenvalue weighted by molar-refractivity contribution is -0.148. The number of hydrogen-bond donors (Lipinski definition) is 8. The summed E-state index contributed by atoms with van der Waals surface area (Å²) < 4.78 is 17.7. The number of carboxylic acid groups (broad SMARTS) is 1. The lowest BCUT2D eigenvalue weighted by Gasteiger charge is -2.41. The molecule has 27 nitrogen and oxygen atoms in total. The number of rotatable bonds is 39. The van der Waals surface area contributed by atoms with Gasteiger partial charge in [0.15, 0.2) is 0 Å². The number of carbonyl (C=O) groups excluding carboxylic acids is 11. The number of ether oxygens (including phenoxy) is 3. The number of benzene rings is 2. The highest BCUT2D eigenvalue weighted by Crippen LogP contribution is 2.30. The van der Waals surface area contributed by atoms with Gasteiger partial charge in [-0.15, -0.1) is 0 Å². The van der Waals surface area contributed by atoms with Gasteiger partial charge in [-0.05, 0) is 85.5 Å². The molecule has 10 unspecified atom stereocenters. The normalized spacial score (nSPS) is 16.9. The molecule has 2 heterocycles. The molecular weight excluding hydrogens is 1230 g/mol. The van der Waals surface area contributed by atoms with Gasteiger partial charge in [-0.1, -0.05) is 118 Å². The van der Waals surface area contributed by atoms with Gasteiger partial charge in [-0.25, -0.2) is 14.4 Å². The molecule has 0 spiro atoms. The van der Waals surface area contributed by atoms with Gasteiger partial charge in [0.1, 0.15) is 36.8 Å². The Hall–Kier alpha value is -8.46. The minimum Gasteiger partial charge on any atom is -0.480 e. The molecule has 0 aliphatic carbocycles. The Morgan fingerprint density at radius 1 is 0.695 bits per heavy atom. The average Bonchev–Trinajstić information content (AvgIpc) is 1.81. The number of nitrogens with one attached hydrogen (secondary N) is 6. The number of anilines is 1. The summed E-state index contributed by atoms with van der Waals surface area (Å²) in [6, 6.07) is 7.86. The Labute approximate surface area is 558 Å². The summed E-state index contributed by atoms with van der Waals surface area (Å²) in [6.07, 6.45) is 3.58. The molecule has 95 heavy (non-hydrogen) atoms. The number of amides is 12. The monoisotopic (exact) mass is 1330 g/mol. The van der Waals surface area contributed by atoms with Crippen molar-refractivity contribution in [2.24, 2.45) is 35.3 Å². The first-order valence-electron chi connectivity index (χ1n) is 32.9. The molecule has 4 rings (SSSR count). The first-order valence-corrected chi connectivity index (χ1v) is 32.9. The molecule has 12 amide bonds. The number of carboxylic acids is 1. The molecule has 27 heteroatoms. The van der Waals surface area contributed by atoms with Gasteiger partial charge in [0, 0.05) is 78.6 Å². The van der Waals surface area contributed by atoms with Crippen LogP contribution in [0, 0.1) is 29.6 Å². The van der Waals surface area contributed by atoms with Gasteiger partial charge in [-0.2, -0.15) is 0 Å². The zero-order valence-electron chi connectivity index (χ0n) is 57.5. The summed E-state index contributed by atoms with van der Waals surface area (Å²) in [4.78, 5) is 165. The molecule has 2 aliphatic heterocycles. The molecular formula is C68H103N11O16. The zero-order chi connectivity index (χ0) is 70.8. The number of nitrogens with zero attached hydrogens (tertiary/aromatic N) is 4. The van der Waals surface area contributed by atoms with E-state index in [9.17, 15) is 62.6 Å². The quantitative estimate of drug-likeness (QED) is 0.0333. The van der Waals surface area contributed by atoms with E-state index in [-0.39, 0.29) is 81.4 Å². The fourth-order valence-electron chi connectivity index (χ4n) is 12.0. The van der Waals surface area contributed by atoms with Gasteiger partial charge in [0.25, 0.3) is 11.8 Å². The number of carbonyl (C=O) groups is 12. The lowest BCUT2D eigenvalue weighted by Crippen LogP contribution is -2.60. The molecule has 0 aromatic heterocycles. The molecule has 2 aliphatic rings. The predicted octanol–water partition coefficient (Wildman–Crippen LogP) is 4.65. The van der Waals surface area contributed by atoms with Crippen LogP contribution in [0.4, 0.5) is 15.3 Å². The fraction of sp³-hybridized carbons (Fsp3) is 0.618. The van der Waals surface area contributed by atoms with Crippen molar-refractivity contribution in [2.75, 3.05) is 53.3 Å². The van der Waals surface area contributed by atoms with E-state index < -0.39 is 126 Å². The Bertz CT molecular complexity index is 2950.